The van der Waals surface area contributed by atoms with Crippen molar-refractivity contribution in [2.45, 2.75) is 24.4 Å². The highest BCUT2D eigenvalue weighted by molar-refractivity contribution is 5.73. The summed E-state index contributed by atoms with van der Waals surface area (Å²) >= 11 is 0. The molecule has 0 aromatic rings. The van der Waals surface area contributed by atoms with Gasteiger partial charge in [0, 0.05) is 7.11 Å². The second-order valence-electron chi connectivity index (χ2n) is 2.60. The zero-order valence-electron chi connectivity index (χ0n) is 7.40. The summed E-state index contributed by atoms with van der Waals surface area (Å²) in [5.41, 5.74) is 0. The first-order chi connectivity index (χ1) is 6.45. The molecule has 0 spiro atoms. The maximum absolute atomic E-state index is 10.3. The van der Waals surface area contributed by atoms with E-state index in [9.17, 15) is 9.59 Å². The van der Waals surface area contributed by atoms with Crippen LogP contribution in [0.4, 0.5) is 0 Å². The number of ether oxygens (including phenoxy) is 1. The lowest BCUT2D eigenvalue weighted by Gasteiger charge is -2.24. The smallest absolute Gasteiger partial charge is 0.335 e. The lowest BCUT2D eigenvalue weighted by atomic mass is 10.0. The van der Waals surface area contributed by atoms with E-state index in [1.807, 2.05) is 0 Å². The molecule has 0 aromatic heterocycles. The highest BCUT2D eigenvalue weighted by Gasteiger charge is 2.35. The van der Waals surface area contributed by atoms with Crippen LogP contribution in [0.3, 0.4) is 0 Å². The topological polar surface area (TPSA) is 124 Å². The second kappa shape index (κ2) is 5.66. The van der Waals surface area contributed by atoms with Gasteiger partial charge < -0.3 is 30.0 Å². The van der Waals surface area contributed by atoms with Crippen molar-refractivity contribution in [2.24, 2.45) is 0 Å². The standard InChI is InChI=1S/C7H12O7/c1-14-6(5(11)7(12)13)4(10)3(9)2-8/h2-6,9-11H,1H3,(H,12,13)/t3-,4+,5-,6+/m0/s1. The maximum Gasteiger partial charge on any atom is 0.335 e. The van der Waals surface area contributed by atoms with Crippen molar-refractivity contribution in [3.8, 4) is 0 Å². The van der Waals surface area contributed by atoms with E-state index in [-0.39, 0.29) is 6.29 Å². The Bertz CT molecular complexity index is 204. The number of aldehydes is 1. The number of carbonyl (C=O) groups excluding carboxylic acids is 1. The highest BCUT2D eigenvalue weighted by Crippen LogP contribution is 2.08. The number of aliphatic hydroxyl groups is 3. The zero-order chi connectivity index (χ0) is 11.3. The van der Waals surface area contributed by atoms with Crippen molar-refractivity contribution in [2.75, 3.05) is 7.11 Å². The van der Waals surface area contributed by atoms with Gasteiger partial charge in [-0.25, -0.2) is 4.79 Å². The van der Waals surface area contributed by atoms with Crippen molar-refractivity contribution >= 4 is 12.3 Å². The van der Waals surface area contributed by atoms with Crippen molar-refractivity contribution in [3.63, 3.8) is 0 Å². The molecule has 0 amide bonds. The minimum absolute atomic E-state index is 0.0191. The molecule has 0 aliphatic rings. The van der Waals surface area contributed by atoms with Gasteiger partial charge in [-0.1, -0.05) is 0 Å². The van der Waals surface area contributed by atoms with E-state index in [1.165, 1.54) is 0 Å². The van der Waals surface area contributed by atoms with Crippen LogP contribution in [-0.4, -0.2) is 64.2 Å². The number of carboxylic acid groups (broad SMARTS) is 1. The first kappa shape index (κ1) is 13.0. The molecular formula is C7H12O7. The van der Waals surface area contributed by atoms with Gasteiger partial charge in [0.2, 0.25) is 0 Å². The Morgan fingerprint density at radius 1 is 1.36 bits per heavy atom. The summed E-state index contributed by atoms with van der Waals surface area (Å²) in [5, 5.41) is 35.4. The Hall–Kier alpha value is -1.02. The largest absolute Gasteiger partial charge is 0.479 e. The van der Waals surface area contributed by atoms with Crippen LogP contribution in [0.2, 0.25) is 0 Å². The molecule has 0 saturated carbocycles. The summed E-state index contributed by atoms with van der Waals surface area (Å²) in [7, 11) is 1.04. The third-order valence-corrected chi connectivity index (χ3v) is 1.66. The van der Waals surface area contributed by atoms with Crippen molar-refractivity contribution < 1.29 is 34.8 Å². The zero-order valence-corrected chi connectivity index (χ0v) is 7.40. The van der Waals surface area contributed by atoms with Crippen molar-refractivity contribution in [1.82, 2.24) is 0 Å². The molecule has 82 valence electrons. The van der Waals surface area contributed by atoms with Gasteiger partial charge in [0.05, 0.1) is 0 Å². The molecule has 7 heteroatoms. The van der Waals surface area contributed by atoms with Gasteiger partial charge in [-0.05, 0) is 0 Å². The second-order valence-corrected chi connectivity index (χ2v) is 2.60. The Balaban J connectivity index is 4.54. The number of aliphatic carboxylic acids is 1. The molecule has 0 aromatic carbocycles. The number of carbonyl (C=O) groups is 2. The fraction of sp³-hybridized carbons (Fsp3) is 0.714. The summed E-state index contributed by atoms with van der Waals surface area (Å²) in [6.45, 7) is 0. The first-order valence-electron chi connectivity index (χ1n) is 3.70. The number of carboxylic acids is 1. The average molecular weight is 208 g/mol. The van der Waals surface area contributed by atoms with Crippen LogP contribution in [0.1, 0.15) is 0 Å². The monoisotopic (exact) mass is 208 g/mol. The molecule has 4 atom stereocenters. The van der Waals surface area contributed by atoms with E-state index < -0.39 is 30.4 Å². The van der Waals surface area contributed by atoms with E-state index in [0.717, 1.165) is 7.11 Å². The third kappa shape index (κ3) is 3.04. The predicted molar refractivity (Wildman–Crippen MR) is 42.5 cm³/mol. The molecule has 0 radical (unpaired) electrons. The van der Waals surface area contributed by atoms with E-state index in [2.05, 4.69) is 4.74 Å². The molecule has 0 bridgehead atoms. The number of aliphatic hydroxyl groups excluding tert-OH is 3. The minimum atomic E-state index is -2.01. The van der Waals surface area contributed by atoms with Crippen LogP contribution < -0.4 is 0 Å². The Labute approximate surface area is 79.5 Å². The molecule has 0 aliphatic carbocycles. The fourth-order valence-electron chi connectivity index (χ4n) is 0.870. The number of hydrogen-bond acceptors (Lipinski definition) is 6. The van der Waals surface area contributed by atoms with Gasteiger partial charge in [0.25, 0.3) is 0 Å². The third-order valence-electron chi connectivity index (χ3n) is 1.66. The quantitative estimate of drug-likeness (QED) is 0.352. The van der Waals surface area contributed by atoms with Gasteiger partial charge in [-0.15, -0.1) is 0 Å². The van der Waals surface area contributed by atoms with Gasteiger partial charge >= 0.3 is 5.97 Å². The van der Waals surface area contributed by atoms with E-state index >= 15 is 0 Å². The lowest BCUT2D eigenvalue weighted by molar-refractivity contribution is -0.167. The first-order valence-corrected chi connectivity index (χ1v) is 3.70. The van der Waals surface area contributed by atoms with Gasteiger partial charge in [0.1, 0.15) is 18.3 Å². The molecule has 4 N–H and O–H groups in total. The predicted octanol–water partition coefficient (Wildman–Crippen LogP) is -2.63. The maximum atomic E-state index is 10.3. The fourth-order valence-corrected chi connectivity index (χ4v) is 0.870. The van der Waals surface area contributed by atoms with Crippen LogP contribution >= 0.6 is 0 Å². The lowest BCUT2D eigenvalue weighted by Crippen LogP contribution is -2.49. The molecule has 0 unspecified atom stereocenters. The number of methoxy groups -OCH3 is 1. The van der Waals surface area contributed by atoms with Crippen LogP contribution in [0, 0.1) is 0 Å². The van der Waals surface area contributed by atoms with Crippen LogP contribution in [0.5, 0.6) is 0 Å². The van der Waals surface area contributed by atoms with E-state index in [1.54, 1.807) is 0 Å². The van der Waals surface area contributed by atoms with E-state index in [4.69, 9.17) is 20.4 Å². The molecule has 0 aliphatic heterocycles. The molecule has 0 fully saturated rings. The molecule has 14 heavy (non-hydrogen) atoms. The molecule has 0 saturated heterocycles. The van der Waals surface area contributed by atoms with Gasteiger partial charge in [0.15, 0.2) is 12.4 Å². The van der Waals surface area contributed by atoms with E-state index in [0.29, 0.717) is 0 Å². The molecular weight excluding hydrogens is 196 g/mol. The summed E-state index contributed by atoms with van der Waals surface area (Å²) in [6, 6.07) is 0. The molecule has 7 nitrogen and oxygen atoms in total. The van der Waals surface area contributed by atoms with Crippen LogP contribution in [0.25, 0.3) is 0 Å². The number of hydrogen-bond donors (Lipinski definition) is 4. The summed E-state index contributed by atoms with van der Waals surface area (Å²) in [4.78, 5) is 20.4. The van der Waals surface area contributed by atoms with Gasteiger partial charge in [-0.2, -0.15) is 0 Å². The minimum Gasteiger partial charge on any atom is -0.479 e. The Morgan fingerprint density at radius 2 is 1.86 bits per heavy atom. The van der Waals surface area contributed by atoms with Gasteiger partial charge in [-0.3, -0.25) is 0 Å². The normalized spacial score (nSPS) is 19.4. The van der Waals surface area contributed by atoms with Crippen LogP contribution in [-0.2, 0) is 14.3 Å². The summed E-state index contributed by atoms with van der Waals surface area (Å²) in [6.07, 6.45) is -7.14. The Kier molecular flexibility index (Phi) is 5.24. The van der Waals surface area contributed by atoms with Crippen molar-refractivity contribution in [3.05, 3.63) is 0 Å². The molecule has 0 rings (SSSR count). The van der Waals surface area contributed by atoms with Crippen LogP contribution in [0.15, 0.2) is 0 Å². The average Bonchev–Trinajstić information content (AvgIpc) is 2.17. The summed E-state index contributed by atoms with van der Waals surface area (Å²) < 4.78 is 4.46. The molecule has 0 heterocycles. The van der Waals surface area contributed by atoms with Crippen molar-refractivity contribution in [1.29, 1.82) is 0 Å². The number of rotatable bonds is 6. The summed E-state index contributed by atoms with van der Waals surface area (Å²) in [5.74, 6) is -1.62. The highest BCUT2D eigenvalue weighted by atomic mass is 16.5. The Morgan fingerprint density at radius 3 is 2.14 bits per heavy atom. The SMILES string of the molecule is CO[C@H]([C@H](O)[C@@H](O)C=O)[C@H](O)C(=O)O.